The van der Waals surface area contributed by atoms with Gasteiger partial charge in [-0.15, -0.1) is 0 Å². The minimum Gasteiger partial charge on any atom is -0.378 e. The van der Waals surface area contributed by atoms with Crippen LogP contribution < -0.4 is 4.90 Å². The smallest absolute Gasteiger partial charge is 0.180 e. The molecule has 1 aliphatic rings. The van der Waals surface area contributed by atoms with Gasteiger partial charge in [-0.3, -0.25) is 0 Å². The molecule has 2 aromatic rings. The number of hydrogen-bond acceptors (Lipinski definition) is 4. The number of hydrogen-bond donors (Lipinski definition) is 0. The Kier molecular flexibility index (Phi) is 3.70. The summed E-state index contributed by atoms with van der Waals surface area (Å²) in [5, 5.41) is 0. The van der Waals surface area contributed by atoms with Crippen molar-refractivity contribution in [1.82, 2.24) is 14.4 Å². The molecule has 2 aromatic heterocycles. The summed E-state index contributed by atoms with van der Waals surface area (Å²) >= 11 is 3.46. The Hall–Kier alpha value is -1.14. The molecule has 0 N–H and O–H groups in total. The number of halogens is 1. The molecule has 19 heavy (non-hydrogen) atoms. The van der Waals surface area contributed by atoms with Gasteiger partial charge in [0.1, 0.15) is 4.60 Å². The molecule has 3 rings (SSSR count). The summed E-state index contributed by atoms with van der Waals surface area (Å²) in [4.78, 5) is 11.3. The quantitative estimate of drug-likeness (QED) is 0.870. The van der Waals surface area contributed by atoms with Crippen molar-refractivity contribution < 1.29 is 4.74 Å². The van der Waals surface area contributed by atoms with Gasteiger partial charge >= 0.3 is 0 Å². The van der Waals surface area contributed by atoms with Crippen molar-refractivity contribution >= 4 is 27.4 Å². The van der Waals surface area contributed by atoms with Gasteiger partial charge in [0, 0.05) is 38.3 Å². The third-order valence-corrected chi connectivity index (χ3v) is 3.85. The molecule has 0 unspecified atom stereocenters. The highest BCUT2D eigenvalue weighted by molar-refractivity contribution is 9.10. The number of rotatable bonds is 3. The topological polar surface area (TPSA) is 42.7 Å². The summed E-state index contributed by atoms with van der Waals surface area (Å²) in [7, 11) is 0. The summed E-state index contributed by atoms with van der Waals surface area (Å²) < 4.78 is 8.52. The van der Waals surface area contributed by atoms with Crippen LogP contribution in [0, 0.1) is 0 Å². The van der Waals surface area contributed by atoms with E-state index < -0.39 is 0 Å². The highest BCUT2D eigenvalue weighted by atomic mass is 79.9. The molecule has 0 saturated carbocycles. The van der Waals surface area contributed by atoms with Crippen molar-refractivity contribution in [3.63, 3.8) is 0 Å². The standard InChI is InChI=1S/C13H17BrN4O/c1-2-19-10-3-6-17(7-4-10)13-12-15-5-8-18(12)9-11(14)16-13/h5,8-10H,2-4,6-7H2,1H3. The molecule has 0 aromatic carbocycles. The summed E-state index contributed by atoms with van der Waals surface area (Å²) in [5.41, 5.74) is 0.915. The minimum atomic E-state index is 0.393. The summed E-state index contributed by atoms with van der Waals surface area (Å²) in [6, 6.07) is 0. The Labute approximate surface area is 120 Å². The molecule has 0 aliphatic carbocycles. The van der Waals surface area contributed by atoms with E-state index in [1.165, 1.54) is 0 Å². The zero-order valence-electron chi connectivity index (χ0n) is 10.9. The van der Waals surface area contributed by atoms with Crippen LogP contribution in [-0.2, 0) is 4.74 Å². The number of ether oxygens (including phenoxy) is 1. The lowest BCUT2D eigenvalue weighted by Crippen LogP contribution is -2.37. The maximum Gasteiger partial charge on any atom is 0.180 e. The van der Waals surface area contributed by atoms with Gasteiger partial charge in [-0.05, 0) is 35.7 Å². The molecular weight excluding hydrogens is 308 g/mol. The summed E-state index contributed by atoms with van der Waals surface area (Å²) in [6.07, 6.45) is 8.17. The Bertz CT molecular complexity index is 563. The van der Waals surface area contributed by atoms with Crippen LogP contribution in [0.2, 0.25) is 0 Å². The Morgan fingerprint density at radius 1 is 1.42 bits per heavy atom. The van der Waals surface area contributed by atoms with Gasteiger partial charge in [0.05, 0.1) is 6.10 Å². The van der Waals surface area contributed by atoms with E-state index >= 15 is 0 Å². The third kappa shape index (κ3) is 2.60. The van der Waals surface area contributed by atoms with E-state index in [9.17, 15) is 0 Å². The number of fused-ring (bicyclic) bond motifs is 1. The first kappa shape index (κ1) is 12.9. The minimum absolute atomic E-state index is 0.393. The molecule has 1 saturated heterocycles. The molecule has 0 amide bonds. The van der Waals surface area contributed by atoms with E-state index in [1.807, 2.05) is 16.8 Å². The van der Waals surface area contributed by atoms with E-state index in [0.717, 1.165) is 48.6 Å². The molecule has 5 nitrogen and oxygen atoms in total. The van der Waals surface area contributed by atoms with Gasteiger partial charge in [-0.1, -0.05) is 0 Å². The summed E-state index contributed by atoms with van der Waals surface area (Å²) in [6.45, 7) is 4.79. The van der Waals surface area contributed by atoms with Crippen LogP contribution in [0.4, 0.5) is 5.82 Å². The number of piperidine rings is 1. The lowest BCUT2D eigenvalue weighted by molar-refractivity contribution is 0.0458. The van der Waals surface area contributed by atoms with E-state index in [2.05, 4.69) is 37.7 Å². The predicted octanol–water partition coefficient (Wildman–Crippen LogP) is 2.50. The van der Waals surface area contributed by atoms with Crippen LogP contribution in [0.5, 0.6) is 0 Å². The molecule has 0 spiro atoms. The van der Waals surface area contributed by atoms with Crippen LogP contribution >= 0.6 is 15.9 Å². The van der Waals surface area contributed by atoms with Crippen molar-refractivity contribution in [3.05, 3.63) is 23.2 Å². The van der Waals surface area contributed by atoms with E-state index in [4.69, 9.17) is 4.74 Å². The van der Waals surface area contributed by atoms with Gasteiger partial charge in [-0.25, -0.2) is 9.97 Å². The van der Waals surface area contributed by atoms with E-state index in [0.29, 0.717) is 6.10 Å². The molecule has 0 radical (unpaired) electrons. The second-order valence-corrected chi connectivity index (χ2v) is 5.50. The average molecular weight is 325 g/mol. The molecule has 1 aliphatic heterocycles. The van der Waals surface area contributed by atoms with Gasteiger partial charge in [0.2, 0.25) is 0 Å². The van der Waals surface area contributed by atoms with E-state index in [1.54, 1.807) is 6.20 Å². The monoisotopic (exact) mass is 324 g/mol. The van der Waals surface area contributed by atoms with Gasteiger partial charge in [-0.2, -0.15) is 0 Å². The van der Waals surface area contributed by atoms with Crippen LogP contribution in [0.25, 0.3) is 5.65 Å². The van der Waals surface area contributed by atoms with E-state index in [-0.39, 0.29) is 0 Å². The molecule has 0 bridgehead atoms. The fourth-order valence-corrected chi connectivity index (χ4v) is 2.96. The van der Waals surface area contributed by atoms with Crippen LogP contribution in [-0.4, -0.2) is 40.2 Å². The molecular formula is C13H17BrN4O. The Balaban J connectivity index is 1.83. The van der Waals surface area contributed by atoms with Gasteiger partial charge in [0.15, 0.2) is 11.5 Å². The van der Waals surface area contributed by atoms with Crippen molar-refractivity contribution in [2.24, 2.45) is 0 Å². The largest absolute Gasteiger partial charge is 0.378 e. The SMILES string of the molecule is CCOC1CCN(c2nc(Br)cn3ccnc23)CC1. The zero-order chi connectivity index (χ0) is 13.2. The Morgan fingerprint density at radius 2 is 2.21 bits per heavy atom. The molecule has 3 heterocycles. The van der Waals surface area contributed by atoms with Crippen LogP contribution in [0.15, 0.2) is 23.2 Å². The summed E-state index contributed by atoms with van der Waals surface area (Å²) in [5.74, 6) is 0.953. The number of nitrogens with zero attached hydrogens (tertiary/aromatic N) is 4. The third-order valence-electron chi connectivity index (χ3n) is 3.47. The van der Waals surface area contributed by atoms with Crippen LogP contribution in [0.1, 0.15) is 19.8 Å². The normalized spacial score (nSPS) is 17.3. The number of imidazole rings is 1. The van der Waals surface area contributed by atoms with Crippen molar-refractivity contribution in [2.75, 3.05) is 24.6 Å². The highest BCUT2D eigenvalue weighted by Crippen LogP contribution is 2.25. The van der Waals surface area contributed by atoms with Gasteiger partial charge < -0.3 is 14.0 Å². The lowest BCUT2D eigenvalue weighted by Gasteiger charge is -2.32. The Morgan fingerprint density at radius 3 is 2.95 bits per heavy atom. The average Bonchev–Trinajstić information content (AvgIpc) is 2.87. The maximum absolute atomic E-state index is 5.69. The van der Waals surface area contributed by atoms with Crippen LogP contribution in [0.3, 0.4) is 0 Å². The van der Waals surface area contributed by atoms with Crippen molar-refractivity contribution in [1.29, 1.82) is 0 Å². The molecule has 0 atom stereocenters. The fraction of sp³-hybridized carbons (Fsp3) is 0.538. The molecule has 102 valence electrons. The molecule has 6 heteroatoms. The highest BCUT2D eigenvalue weighted by Gasteiger charge is 2.22. The van der Waals surface area contributed by atoms with Gasteiger partial charge in [0.25, 0.3) is 0 Å². The second-order valence-electron chi connectivity index (χ2n) is 4.69. The molecule has 1 fully saturated rings. The first-order valence-electron chi connectivity index (χ1n) is 6.63. The van der Waals surface area contributed by atoms with Crippen molar-refractivity contribution in [3.8, 4) is 0 Å². The fourth-order valence-electron chi connectivity index (χ4n) is 2.57. The maximum atomic E-state index is 5.69. The zero-order valence-corrected chi connectivity index (χ0v) is 12.5. The number of aromatic nitrogens is 3. The number of anilines is 1. The van der Waals surface area contributed by atoms with Crippen molar-refractivity contribution in [2.45, 2.75) is 25.9 Å². The second kappa shape index (κ2) is 5.46. The first-order chi connectivity index (χ1) is 9.28. The first-order valence-corrected chi connectivity index (χ1v) is 7.43. The lowest BCUT2D eigenvalue weighted by atomic mass is 10.1. The predicted molar refractivity (Wildman–Crippen MR) is 77.5 cm³/mol.